The molecule has 2 saturated carbocycles. The number of benzene rings is 1. The van der Waals surface area contributed by atoms with Crippen LogP contribution in [0.25, 0.3) is 0 Å². The highest BCUT2D eigenvalue weighted by molar-refractivity contribution is 5.49. The molecule has 0 saturated heterocycles. The number of hydrogen-bond donors (Lipinski definition) is 1. The first-order chi connectivity index (χ1) is 11.8. The van der Waals surface area contributed by atoms with Crippen LogP contribution < -0.4 is 4.74 Å². The fourth-order valence-corrected chi connectivity index (χ4v) is 7.67. The third-order valence-electron chi connectivity index (χ3n) is 9.61. The van der Waals surface area contributed by atoms with Crippen molar-refractivity contribution in [2.45, 2.75) is 70.3 Å². The van der Waals surface area contributed by atoms with Crippen LogP contribution in [0.1, 0.15) is 64.0 Å². The predicted octanol–water partition coefficient (Wildman–Crippen LogP) is 4.79. The molecule has 0 aromatic heterocycles. The van der Waals surface area contributed by atoms with Crippen LogP contribution in [-0.2, 0) is 11.8 Å². The Bertz CT molecular complexity index is 797. The number of fused-ring (bicyclic) bond motifs is 3. The Hall–Kier alpha value is -1.28. The third kappa shape index (κ3) is 1.43. The molecule has 1 aromatic rings. The van der Waals surface area contributed by atoms with Gasteiger partial charge in [-0.2, -0.15) is 0 Å². The van der Waals surface area contributed by atoms with E-state index in [-0.39, 0.29) is 21.7 Å². The van der Waals surface area contributed by atoms with Gasteiger partial charge in [-0.15, -0.1) is 0 Å². The fraction of sp³-hybridized carbons (Fsp3) is 0.652. The van der Waals surface area contributed by atoms with Crippen molar-refractivity contribution in [3.63, 3.8) is 0 Å². The zero-order chi connectivity index (χ0) is 17.7. The van der Waals surface area contributed by atoms with Gasteiger partial charge >= 0.3 is 0 Å². The molecule has 4 aliphatic carbocycles. The highest BCUT2D eigenvalue weighted by Gasteiger charge is 2.77. The summed E-state index contributed by atoms with van der Waals surface area (Å²) >= 11 is 0. The number of allylic oxidation sites excluding steroid dienone is 1. The van der Waals surface area contributed by atoms with Crippen LogP contribution in [0, 0.1) is 16.2 Å². The highest BCUT2D eigenvalue weighted by Crippen LogP contribution is 2.80. The number of methoxy groups -OCH3 is 1. The van der Waals surface area contributed by atoms with Crippen molar-refractivity contribution in [2.24, 2.45) is 16.2 Å². The zero-order valence-electron chi connectivity index (χ0n) is 16.0. The molecule has 134 valence electrons. The molecule has 0 aliphatic heterocycles. The van der Waals surface area contributed by atoms with Crippen LogP contribution in [0.3, 0.4) is 0 Å². The average molecular weight is 338 g/mol. The van der Waals surface area contributed by atoms with Crippen LogP contribution in [-0.4, -0.2) is 17.8 Å². The SMILES string of the molecule is COc1ccc2c(c1)CC[C@@]1(C)[C@]34C=C[C@](O)(CC3)[C@@]4(C)CC[C@]21C. The van der Waals surface area contributed by atoms with E-state index in [1.165, 1.54) is 17.5 Å². The minimum absolute atomic E-state index is 0.00175. The van der Waals surface area contributed by atoms with Crippen LogP contribution in [0.15, 0.2) is 30.4 Å². The lowest BCUT2D eigenvalue weighted by atomic mass is 9.36. The maximum atomic E-state index is 11.3. The smallest absolute Gasteiger partial charge is 0.119 e. The van der Waals surface area contributed by atoms with E-state index in [9.17, 15) is 5.11 Å². The summed E-state index contributed by atoms with van der Waals surface area (Å²) < 4.78 is 5.48. The normalized spacial score (nSPS) is 49.5. The second-order valence-electron chi connectivity index (χ2n) is 9.75. The monoisotopic (exact) mass is 338 g/mol. The van der Waals surface area contributed by atoms with Crippen LogP contribution in [0.5, 0.6) is 5.75 Å². The molecule has 2 nitrogen and oxygen atoms in total. The third-order valence-corrected chi connectivity index (χ3v) is 9.61. The van der Waals surface area contributed by atoms with Gasteiger partial charge in [0.05, 0.1) is 12.7 Å². The molecule has 2 bridgehead atoms. The molecule has 2 heteroatoms. The molecular formula is C23H30O2. The number of aliphatic hydroxyl groups is 1. The van der Waals surface area contributed by atoms with E-state index < -0.39 is 5.60 Å². The Balaban J connectivity index is 1.72. The minimum Gasteiger partial charge on any atom is -0.497 e. The van der Waals surface area contributed by atoms with Crippen LogP contribution in [0.4, 0.5) is 0 Å². The molecule has 25 heavy (non-hydrogen) atoms. The highest BCUT2D eigenvalue weighted by atomic mass is 16.5. The van der Waals surface area contributed by atoms with Gasteiger partial charge in [0, 0.05) is 10.8 Å². The van der Waals surface area contributed by atoms with Gasteiger partial charge in [-0.3, -0.25) is 0 Å². The maximum absolute atomic E-state index is 11.3. The summed E-state index contributed by atoms with van der Waals surface area (Å²) in [6, 6.07) is 6.71. The van der Waals surface area contributed by atoms with E-state index in [2.05, 4.69) is 51.1 Å². The summed E-state index contributed by atoms with van der Waals surface area (Å²) in [4.78, 5) is 0. The lowest BCUT2D eigenvalue weighted by molar-refractivity contribution is -0.153. The van der Waals surface area contributed by atoms with Crippen molar-refractivity contribution in [3.8, 4) is 5.75 Å². The molecule has 0 unspecified atom stereocenters. The van der Waals surface area contributed by atoms with Crippen molar-refractivity contribution in [2.75, 3.05) is 7.11 Å². The van der Waals surface area contributed by atoms with Crippen molar-refractivity contribution in [1.29, 1.82) is 0 Å². The summed E-state index contributed by atoms with van der Waals surface area (Å²) in [5.41, 5.74) is 2.87. The van der Waals surface area contributed by atoms with Crippen molar-refractivity contribution < 1.29 is 9.84 Å². The van der Waals surface area contributed by atoms with E-state index in [0.717, 1.165) is 37.9 Å². The van der Waals surface area contributed by atoms with E-state index in [4.69, 9.17) is 4.74 Å². The van der Waals surface area contributed by atoms with Gasteiger partial charge in [0.15, 0.2) is 0 Å². The minimum atomic E-state index is -0.586. The Labute approximate surface area is 151 Å². The lowest BCUT2D eigenvalue weighted by Gasteiger charge is -2.67. The summed E-state index contributed by atoms with van der Waals surface area (Å²) in [6.07, 6.45) is 11.2. The Morgan fingerprint density at radius 2 is 1.72 bits per heavy atom. The van der Waals surface area contributed by atoms with E-state index in [0.29, 0.717) is 0 Å². The van der Waals surface area contributed by atoms with Gasteiger partial charge < -0.3 is 9.84 Å². The molecule has 4 aliphatic rings. The number of rotatable bonds is 1. The van der Waals surface area contributed by atoms with E-state index in [1.807, 2.05) is 0 Å². The Morgan fingerprint density at radius 1 is 0.920 bits per heavy atom. The summed E-state index contributed by atoms with van der Waals surface area (Å²) in [5, 5.41) is 11.3. The maximum Gasteiger partial charge on any atom is 0.119 e. The zero-order valence-corrected chi connectivity index (χ0v) is 16.0. The number of hydrogen-bond acceptors (Lipinski definition) is 2. The van der Waals surface area contributed by atoms with E-state index >= 15 is 0 Å². The van der Waals surface area contributed by atoms with Gasteiger partial charge in [0.25, 0.3) is 0 Å². The molecule has 0 heterocycles. The summed E-state index contributed by atoms with van der Waals surface area (Å²) in [7, 11) is 1.75. The largest absolute Gasteiger partial charge is 0.497 e. The van der Waals surface area contributed by atoms with Crippen LogP contribution in [0.2, 0.25) is 0 Å². The fourth-order valence-electron chi connectivity index (χ4n) is 7.67. The molecule has 1 N–H and O–H groups in total. The van der Waals surface area contributed by atoms with Crippen molar-refractivity contribution in [1.82, 2.24) is 0 Å². The average Bonchev–Trinajstić information content (AvgIpc) is 2.99. The standard InChI is InChI=1S/C23H30O2/c1-19-9-10-21(3)22(11-13-23(21,24)14-12-22)20(19,2)8-7-16-15-17(25-4)5-6-18(16)19/h5-6,11,13,15,24H,7-10,12,14H2,1-4H3/t19-,20-,21+,22+,23+/m1/s1. The van der Waals surface area contributed by atoms with Crippen molar-refractivity contribution in [3.05, 3.63) is 41.5 Å². The Morgan fingerprint density at radius 3 is 2.40 bits per heavy atom. The van der Waals surface area contributed by atoms with Gasteiger partial charge in [0.2, 0.25) is 0 Å². The molecule has 0 spiro atoms. The summed E-state index contributed by atoms with van der Waals surface area (Å²) in [5.74, 6) is 0.973. The number of aryl methyl sites for hydroxylation is 1. The lowest BCUT2D eigenvalue weighted by Crippen LogP contribution is -2.63. The molecule has 0 amide bonds. The van der Waals surface area contributed by atoms with Crippen molar-refractivity contribution >= 4 is 0 Å². The Kier molecular flexibility index (Phi) is 2.76. The second-order valence-corrected chi connectivity index (χ2v) is 9.75. The second kappa shape index (κ2) is 4.34. The quantitative estimate of drug-likeness (QED) is 0.746. The first-order valence-electron chi connectivity index (χ1n) is 9.86. The molecular weight excluding hydrogens is 308 g/mol. The molecule has 5 atom stereocenters. The molecule has 2 fully saturated rings. The van der Waals surface area contributed by atoms with Gasteiger partial charge in [0.1, 0.15) is 5.75 Å². The van der Waals surface area contributed by atoms with Gasteiger partial charge in [-0.05, 0) is 72.6 Å². The predicted molar refractivity (Wildman–Crippen MR) is 99.9 cm³/mol. The molecule has 0 radical (unpaired) electrons. The summed E-state index contributed by atoms with van der Waals surface area (Å²) in [6.45, 7) is 7.39. The first-order valence-corrected chi connectivity index (χ1v) is 9.86. The van der Waals surface area contributed by atoms with Crippen LogP contribution >= 0.6 is 0 Å². The molecule has 1 aromatic carbocycles. The van der Waals surface area contributed by atoms with E-state index in [1.54, 1.807) is 7.11 Å². The topological polar surface area (TPSA) is 29.5 Å². The number of ether oxygens (including phenoxy) is 1. The van der Waals surface area contributed by atoms with Gasteiger partial charge in [-0.25, -0.2) is 0 Å². The molecule has 5 rings (SSSR count). The first kappa shape index (κ1) is 15.9. The van der Waals surface area contributed by atoms with Gasteiger partial charge in [-0.1, -0.05) is 39.0 Å².